The van der Waals surface area contributed by atoms with Gasteiger partial charge in [-0.25, -0.2) is 9.78 Å². The van der Waals surface area contributed by atoms with Gasteiger partial charge in [-0.3, -0.25) is 0 Å². The molecule has 3 aromatic carbocycles. The third-order valence-electron chi connectivity index (χ3n) is 4.78. The number of ether oxygens (including phenoxy) is 2. The van der Waals surface area contributed by atoms with Gasteiger partial charge < -0.3 is 14.8 Å². The van der Waals surface area contributed by atoms with Gasteiger partial charge in [0.2, 0.25) is 0 Å². The van der Waals surface area contributed by atoms with Crippen LogP contribution in [0.2, 0.25) is 0 Å². The van der Waals surface area contributed by atoms with Crippen LogP contribution in [0.4, 0.5) is 11.4 Å². The van der Waals surface area contributed by atoms with Gasteiger partial charge in [-0.1, -0.05) is 18.2 Å². The Morgan fingerprint density at radius 2 is 1.70 bits per heavy atom. The molecule has 0 aliphatic rings. The Morgan fingerprint density at radius 3 is 2.40 bits per heavy atom. The van der Waals surface area contributed by atoms with Gasteiger partial charge in [0.05, 0.1) is 36.2 Å². The zero-order chi connectivity index (χ0) is 20.9. The van der Waals surface area contributed by atoms with E-state index in [1.807, 2.05) is 66.7 Å². The van der Waals surface area contributed by atoms with Crippen LogP contribution in [0.3, 0.4) is 0 Å². The average Bonchev–Trinajstić information content (AvgIpc) is 2.79. The number of hydrogen-bond donors (Lipinski definition) is 1. The number of rotatable bonds is 6. The van der Waals surface area contributed by atoms with Crippen molar-refractivity contribution in [1.82, 2.24) is 4.98 Å². The molecule has 4 rings (SSSR count). The van der Waals surface area contributed by atoms with Crippen molar-refractivity contribution in [3.05, 3.63) is 84.4 Å². The molecule has 5 heteroatoms. The van der Waals surface area contributed by atoms with Crippen molar-refractivity contribution in [3.63, 3.8) is 0 Å². The molecule has 0 fully saturated rings. The van der Waals surface area contributed by atoms with Crippen LogP contribution in [-0.2, 0) is 4.74 Å². The monoisotopic (exact) mass is 398 g/mol. The molecule has 0 aliphatic heterocycles. The van der Waals surface area contributed by atoms with Crippen molar-refractivity contribution in [1.29, 1.82) is 0 Å². The Morgan fingerprint density at radius 1 is 0.967 bits per heavy atom. The Bertz CT molecular complexity index is 1170. The van der Waals surface area contributed by atoms with E-state index in [1.54, 1.807) is 26.2 Å². The number of pyridine rings is 1. The summed E-state index contributed by atoms with van der Waals surface area (Å²) in [6.45, 7) is 2.15. The second-order valence-corrected chi connectivity index (χ2v) is 6.72. The topological polar surface area (TPSA) is 60.5 Å². The summed E-state index contributed by atoms with van der Waals surface area (Å²) in [5.74, 6) is 0.486. The van der Waals surface area contributed by atoms with E-state index in [2.05, 4.69) is 5.32 Å². The molecule has 0 saturated heterocycles. The third kappa shape index (κ3) is 4.10. The van der Waals surface area contributed by atoms with E-state index in [0.717, 1.165) is 39.3 Å². The van der Waals surface area contributed by atoms with Crippen molar-refractivity contribution in [2.45, 2.75) is 6.92 Å². The first-order valence-electron chi connectivity index (χ1n) is 9.76. The first kappa shape index (κ1) is 19.5. The second-order valence-electron chi connectivity index (χ2n) is 6.72. The van der Waals surface area contributed by atoms with Crippen molar-refractivity contribution < 1.29 is 14.3 Å². The lowest BCUT2D eigenvalue weighted by Crippen LogP contribution is -2.04. The lowest BCUT2D eigenvalue weighted by atomic mass is 10.1. The van der Waals surface area contributed by atoms with E-state index in [1.165, 1.54) is 0 Å². The summed E-state index contributed by atoms with van der Waals surface area (Å²) in [5.41, 5.74) is 5.11. The smallest absolute Gasteiger partial charge is 0.338 e. The van der Waals surface area contributed by atoms with Crippen molar-refractivity contribution >= 4 is 28.2 Å². The van der Waals surface area contributed by atoms with Crippen LogP contribution in [0, 0.1) is 0 Å². The lowest BCUT2D eigenvalue weighted by Gasteiger charge is -2.13. The minimum atomic E-state index is -0.319. The van der Waals surface area contributed by atoms with Crippen LogP contribution in [0.5, 0.6) is 5.75 Å². The van der Waals surface area contributed by atoms with Gasteiger partial charge in [-0.05, 0) is 67.6 Å². The summed E-state index contributed by atoms with van der Waals surface area (Å²) in [4.78, 5) is 16.7. The summed E-state index contributed by atoms with van der Waals surface area (Å²) in [7, 11) is 1.65. The van der Waals surface area contributed by atoms with Gasteiger partial charge in [0.15, 0.2) is 0 Å². The summed E-state index contributed by atoms with van der Waals surface area (Å²) in [6.07, 6.45) is 0. The summed E-state index contributed by atoms with van der Waals surface area (Å²) in [6, 6.07) is 25.1. The van der Waals surface area contributed by atoms with E-state index in [-0.39, 0.29) is 5.97 Å². The van der Waals surface area contributed by atoms with E-state index < -0.39 is 0 Å². The molecule has 0 aliphatic carbocycles. The van der Waals surface area contributed by atoms with Crippen LogP contribution in [-0.4, -0.2) is 24.7 Å². The predicted octanol–water partition coefficient (Wildman–Crippen LogP) is 5.83. The molecule has 1 aromatic heterocycles. The largest absolute Gasteiger partial charge is 0.497 e. The van der Waals surface area contributed by atoms with Gasteiger partial charge in [-0.15, -0.1) is 0 Å². The van der Waals surface area contributed by atoms with Crippen LogP contribution >= 0.6 is 0 Å². The highest BCUT2D eigenvalue weighted by molar-refractivity contribution is 5.96. The highest BCUT2D eigenvalue weighted by Gasteiger charge is 2.10. The van der Waals surface area contributed by atoms with Gasteiger partial charge in [0.25, 0.3) is 0 Å². The van der Waals surface area contributed by atoms with Gasteiger partial charge in [0.1, 0.15) is 5.75 Å². The molecule has 0 bridgehead atoms. The molecular weight excluding hydrogens is 376 g/mol. The molecule has 5 nitrogen and oxygen atoms in total. The molecule has 150 valence electrons. The summed E-state index contributed by atoms with van der Waals surface area (Å²) >= 11 is 0. The van der Waals surface area contributed by atoms with Crippen molar-refractivity contribution in [2.24, 2.45) is 0 Å². The third-order valence-corrected chi connectivity index (χ3v) is 4.78. The number of para-hydroxylation sites is 1. The predicted molar refractivity (Wildman–Crippen MR) is 119 cm³/mol. The normalized spacial score (nSPS) is 10.6. The number of fused-ring (bicyclic) bond motifs is 1. The quantitative estimate of drug-likeness (QED) is 0.414. The first-order chi connectivity index (χ1) is 14.7. The SMILES string of the molecule is CCOC(=O)c1ccc(Nc2cc(-c3ccc(OC)cc3)nc3ccccc23)cc1. The van der Waals surface area contributed by atoms with Crippen LogP contribution in [0.1, 0.15) is 17.3 Å². The first-order valence-corrected chi connectivity index (χ1v) is 9.76. The van der Waals surface area contributed by atoms with Crippen LogP contribution in [0.15, 0.2) is 78.9 Å². The van der Waals surface area contributed by atoms with Crippen molar-refractivity contribution in [2.75, 3.05) is 19.0 Å². The molecule has 1 N–H and O–H groups in total. The number of carbonyl (C=O) groups is 1. The molecule has 1 heterocycles. The number of benzene rings is 3. The van der Waals surface area contributed by atoms with Gasteiger partial charge in [0, 0.05) is 16.6 Å². The molecule has 0 radical (unpaired) electrons. The van der Waals surface area contributed by atoms with E-state index in [9.17, 15) is 4.79 Å². The second kappa shape index (κ2) is 8.66. The highest BCUT2D eigenvalue weighted by Crippen LogP contribution is 2.31. The van der Waals surface area contributed by atoms with Crippen LogP contribution in [0.25, 0.3) is 22.2 Å². The molecule has 4 aromatic rings. The molecule has 0 spiro atoms. The molecule has 0 amide bonds. The number of esters is 1. The zero-order valence-electron chi connectivity index (χ0n) is 16.9. The van der Waals surface area contributed by atoms with E-state index in [0.29, 0.717) is 12.2 Å². The van der Waals surface area contributed by atoms with E-state index >= 15 is 0 Å². The Hall–Kier alpha value is -3.86. The number of nitrogens with one attached hydrogen (secondary N) is 1. The van der Waals surface area contributed by atoms with Gasteiger partial charge in [-0.2, -0.15) is 0 Å². The molecule has 30 heavy (non-hydrogen) atoms. The number of anilines is 2. The number of carbonyl (C=O) groups excluding carboxylic acids is 1. The fourth-order valence-corrected chi connectivity index (χ4v) is 3.25. The standard InChI is InChI=1S/C25H22N2O3/c1-3-30-25(28)18-8-12-19(13-9-18)26-24-16-23(17-10-14-20(29-2)15-11-17)27-22-7-5-4-6-21(22)24/h4-16H,3H2,1-2H3,(H,26,27). The number of methoxy groups -OCH3 is 1. The summed E-state index contributed by atoms with van der Waals surface area (Å²) < 4.78 is 10.3. The minimum Gasteiger partial charge on any atom is -0.497 e. The maximum Gasteiger partial charge on any atom is 0.338 e. The fourth-order valence-electron chi connectivity index (χ4n) is 3.25. The number of aromatic nitrogens is 1. The Labute approximate surface area is 175 Å². The average molecular weight is 398 g/mol. The van der Waals surface area contributed by atoms with Crippen LogP contribution < -0.4 is 10.1 Å². The summed E-state index contributed by atoms with van der Waals surface area (Å²) in [5, 5.41) is 4.48. The maximum absolute atomic E-state index is 11.9. The number of hydrogen-bond acceptors (Lipinski definition) is 5. The highest BCUT2D eigenvalue weighted by atomic mass is 16.5. The van der Waals surface area contributed by atoms with E-state index in [4.69, 9.17) is 14.5 Å². The minimum absolute atomic E-state index is 0.319. The fraction of sp³-hybridized carbons (Fsp3) is 0.120. The lowest BCUT2D eigenvalue weighted by molar-refractivity contribution is 0.0526. The van der Waals surface area contributed by atoms with Gasteiger partial charge >= 0.3 is 5.97 Å². The molecule has 0 atom stereocenters. The van der Waals surface area contributed by atoms with Crippen molar-refractivity contribution in [3.8, 4) is 17.0 Å². The number of nitrogens with zero attached hydrogens (tertiary/aromatic N) is 1. The zero-order valence-corrected chi connectivity index (χ0v) is 16.9. The molecular formula is C25H22N2O3. The maximum atomic E-state index is 11.9. The molecule has 0 saturated carbocycles. The Kier molecular flexibility index (Phi) is 5.61. The Balaban J connectivity index is 1.69. The molecule has 0 unspecified atom stereocenters.